The first-order valence-corrected chi connectivity index (χ1v) is 6.26. The van der Waals surface area contributed by atoms with Crippen molar-refractivity contribution < 1.29 is 4.39 Å². The molecule has 1 aromatic carbocycles. The lowest BCUT2D eigenvalue weighted by Gasteiger charge is -2.39. The van der Waals surface area contributed by atoms with Gasteiger partial charge < -0.3 is 10.6 Å². The number of nitrogens with zero attached hydrogens (tertiary/aromatic N) is 1. The van der Waals surface area contributed by atoms with E-state index in [-0.39, 0.29) is 12.4 Å². The van der Waals surface area contributed by atoms with Gasteiger partial charge in [-0.1, -0.05) is 19.9 Å². The number of halogens is 1. The molecule has 1 saturated heterocycles. The van der Waals surface area contributed by atoms with Gasteiger partial charge in [-0.15, -0.1) is 0 Å². The highest BCUT2D eigenvalue weighted by Gasteiger charge is 2.26. The van der Waals surface area contributed by atoms with Crippen molar-refractivity contribution in [2.45, 2.75) is 33.2 Å². The lowest BCUT2D eigenvalue weighted by atomic mass is 9.82. The summed E-state index contributed by atoms with van der Waals surface area (Å²) in [4.78, 5) is 2.26. The molecule has 2 nitrogen and oxygen atoms in total. The first-order valence-electron chi connectivity index (χ1n) is 6.26. The van der Waals surface area contributed by atoms with Crippen LogP contribution in [0.25, 0.3) is 0 Å². The fraction of sp³-hybridized carbons (Fsp3) is 0.571. The zero-order chi connectivity index (χ0) is 12.5. The van der Waals surface area contributed by atoms with Crippen molar-refractivity contribution in [2.75, 3.05) is 18.0 Å². The summed E-state index contributed by atoms with van der Waals surface area (Å²) in [6, 6.07) is 5.23. The molecule has 0 atom stereocenters. The Kier molecular flexibility index (Phi) is 3.38. The molecule has 2 rings (SSSR count). The van der Waals surface area contributed by atoms with Crippen molar-refractivity contribution >= 4 is 5.69 Å². The van der Waals surface area contributed by atoms with Crippen LogP contribution in [0, 0.1) is 11.2 Å². The second-order valence-corrected chi connectivity index (χ2v) is 5.59. The third kappa shape index (κ3) is 2.60. The molecule has 0 bridgehead atoms. The Balaban J connectivity index is 2.21. The molecule has 1 heterocycles. The van der Waals surface area contributed by atoms with E-state index < -0.39 is 0 Å². The van der Waals surface area contributed by atoms with E-state index in [0.29, 0.717) is 11.0 Å². The molecule has 1 aromatic rings. The number of anilines is 1. The van der Waals surface area contributed by atoms with Crippen LogP contribution in [0.4, 0.5) is 10.1 Å². The number of rotatable bonds is 2. The molecule has 1 aliphatic rings. The summed E-state index contributed by atoms with van der Waals surface area (Å²) in [5.74, 6) is -0.185. The fourth-order valence-corrected chi connectivity index (χ4v) is 2.40. The van der Waals surface area contributed by atoms with Crippen LogP contribution in [-0.4, -0.2) is 13.1 Å². The van der Waals surface area contributed by atoms with Gasteiger partial charge in [0.25, 0.3) is 0 Å². The second-order valence-electron chi connectivity index (χ2n) is 5.59. The highest BCUT2D eigenvalue weighted by Crippen LogP contribution is 2.33. The summed E-state index contributed by atoms with van der Waals surface area (Å²) < 4.78 is 13.7. The Morgan fingerprint density at radius 3 is 2.53 bits per heavy atom. The molecule has 0 amide bonds. The van der Waals surface area contributed by atoms with E-state index in [9.17, 15) is 4.39 Å². The molecule has 3 heteroatoms. The predicted molar refractivity (Wildman–Crippen MR) is 69.5 cm³/mol. The average Bonchev–Trinajstić information content (AvgIpc) is 2.29. The molecule has 0 radical (unpaired) electrons. The van der Waals surface area contributed by atoms with Gasteiger partial charge in [0.2, 0.25) is 0 Å². The molecule has 1 fully saturated rings. The molecule has 0 spiro atoms. The van der Waals surface area contributed by atoms with Crippen molar-refractivity contribution in [3.05, 3.63) is 29.6 Å². The Morgan fingerprint density at radius 1 is 1.29 bits per heavy atom. The van der Waals surface area contributed by atoms with Gasteiger partial charge in [0.1, 0.15) is 5.82 Å². The molecule has 94 valence electrons. The first-order chi connectivity index (χ1) is 8.03. The quantitative estimate of drug-likeness (QED) is 0.855. The summed E-state index contributed by atoms with van der Waals surface area (Å²) in [6.45, 7) is 6.83. The van der Waals surface area contributed by atoms with Gasteiger partial charge >= 0.3 is 0 Å². The van der Waals surface area contributed by atoms with Crippen molar-refractivity contribution in [3.63, 3.8) is 0 Å². The van der Waals surface area contributed by atoms with Crippen molar-refractivity contribution in [3.8, 4) is 0 Å². The number of piperidine rings is 1. The third-order valence-corrected chi connectivity index (χ3v) is 3.76. The summed E-state index contributed by atoms with van der Waals surface area (Å²) in [5.41, 5.74) is 7.67. The normalized spacial score (nSPS) is 19.4. The van der Waals surface area contributed by atoms with E-state index in [4.69, 9.17) is 5.73 Å². The fourth-order valence-electron chi connectivity index (χ4n) is 2.40. The molecule has 2 N–H and O–H groups in total. The highest BCUT2D eigenvalue weighted by molar-refractivity contribution is 5.54. The standard InChI is InChI=1S/C14H21FN2/c1-14(2)6-8-17(9-7-14)13-5-3-4-12(15)11(13)10-16/h3-5H,6-10,16H2,1-2H3. The molecule has 0 aliphatic carbocycles. The minimum Gasteiger partial charge on any atom is -0.371 e. The Bertz CT molecular complexity index is 391. The smallest absolute Gasteiger partial charge is 0.129 e. The Hall–Kier alpha value is -1.09. The molecule has 0 unspecified atom stereocenters. The van der Waals surface area contributed by atoms with E-state index in [1.165, 1.54) is 6.07 Å². The molecular formula is C14H21FN2. The minimum absolute atomic E-state index is 0.185. The predicted octanol–water partition coefficient (Wildman–Crippen LogP) is 2.91. The maximum Gasteiger partial charge on any atom is 0.129 e. The van der Waals surface area contributed by atoms with Crippen LogP contribution < -0.4 is 10.6 Å². The van der Waals surface area contributed by atoms with Crippen molar-refractivity contribution in [1.82, 2.24) is 0 Å². The largest absolute Gasteiger partial charge is 0.371 e. The van der Waals surface area contributed by atoms with Gasteiger partial charge in [-0.25, -0.2) is 4.39 Å². The van der Waals surface area contributed by atoms with Gasteiger partial charge in [-0.3, -0.25) is 0 Å². The zero-order valence-corrected chi connectivity index (χ0v) is 10.7. The number of hydrogen-bond acceptors (Lipinski definition) is 2. The monoisotopic (exact) mass is 236 g/mol. The summed E-state index contributed by atoms with van der Waals surface area (Å²) in [5, 5.41) is 0. The van der Waals surface area contributed by atoms with E-state index in [2.05, 4.69) is 18.7 Å². The molecule has 17 heavy (non-hydrogen) atoms. The Morgan fingerprint density at radius 2 is 1.94 bits per heavy atom. The van der Waals surface area contributed by atoms with E-state index >= 15 is 0 Å². The molecular weight excluding hydrogens is 215 g/mol. The topological polar surface area (TPSA) is 29.3 Å². The van der Waals surface area contributed by atoms with Crippen molar-refractivity contribution in [1.29, 1.82) is 0 Å². The van der Waals surface area contributed by atoms with Crippen LogP contribution in [0.5, 0.6) is 0 Å². The third-order valence-electron chi connectivity index (χ3n) is 3.76. The summed E-state index contributed by atoms with van der Waals surface area (Å²) in [7, 11) is 0. The van der Waals surface area contributed by atoms with Crippen LogP contribution in [0.15, 0.2) is 18.2 Å². The van der Waals surface area contributed by atoms with Crippen LogP contribution in [0.3, 0.4) is 0 Å². The van der Waals surface area contributed by atoms with Gasteiger partial charge in [-0.2, -0.15) is 0 Å². The average molecular weight is 236 g/mol. The van der Waals surface area contributed by atoms with Crippen LogP contribution in [0.1, 0.15) is 32.3 Å². The molecule has 0 aromatic heterocycles. The molecule has 1 aliphatic heterocycles. The van der Waals surface area contributed by atoms with Crippen LogP contribution in [-0.2, 0) is 6.54 Å². The van der Waals surface area contributed by atoms with E-state index in [1.54, 1.807) is 6.07 Å². The SMILES string of the molecule is CC1(C)CCN(c2cccc(F)c2CN)CC1. The lowest BCUT2D eigenvalue weighted by molar-refractivity contribution is 0.279. The van der Waals surface area contributed by atoms with E-state index in [1.807, 2.05) is 6.07 Å². The first kappa shape index (κ1) is 12.4. The minimum atomic E-state index is -0.185. The number of hydrogen-bond donors (Lipinski definition) is 1. The maximum absolute atomic E-state index is 13.7. The number of benzene rings is 1. The van der Waals surface area contributed by atoms with Crippen LogP contribution >= 0.6 is 0 Å². The lowest BCUT2D eigenvalue weighted by Crippen LogP contribution is -2.38. The van der Waals surface area contributed by atoms with Crippen molar-refractivity contribution in [2.24, 2.45) is 11.1 Å². The van der Waals surface area contributed by atoms with Gasteiger partial charge in [-0.05, 0) is 30.4 Å². The highest BCUT2D eigenvalue weighted by atomic mass is 19.1. The molecule has 0 saturated carbocycles. The summed E-state index contributed by atoms with van der Waals surface area (Å²) >= 11 is 0. The zero-order valence-electron chi connectivity index (χ0n) is 10.7. The Labute approximate surface area is 103 Å². The van der Waals surface area contributed by atoms with E-state index in [0.717, 1.165) is 31.6 Å². The second kappa shape index (κ2) is 4.65. The van der Waals surface area contributed by atoms with Gasteiger partial charge in [0.05, 0.1) is 0 Å². The van der Waals surface area contributed by atoms with Crippen LogP contribution in [0.2, 0.25) is 0 Å². The van der Waals surface area contributed by atoms with Gasteiger partial charge in [0, 0.05) is 30.9 Å². The maximum atomic E-state index is 13.7. The summed E-state index contributed by atoms with van der Waals surface area (Å²) in [6.07, 6.45) is 2.29. The number of nitrogens with two attached hydrogens (primary N) is 1. The van der Waals surface area contributed by atoms with Gasteiger partial charge in [0.15, 0.2) is 0 Å².